The second-order valence-corrected chi connectivity index (χ2v) is 4.48. The maximum absolute atomic E-state index is 12.1. The minimum Gasteiger partial charge on any atom is -0.496 e. The smallest absolute Gasteiger partial charge is 0.249 e. The van der Waals surface area contributed by atoms with Crippen LogP contribution in [0.3, 0.4) is 0 Å². The number of halogens is 1. The maximum atomic E-state index is 12.1. The first-order valence-corrected chi connectivity index (χ1v) is 6.40. The van der Waals surface area contributed by atoms with E-state index in [1.807, 2.05) is 29.2 Å². The summed E-state index contributed by atoms with van der Waals surface area (Å²) in [6, 6.07) is 7.81. The minimum atomic E-state index is -0.00690. The molecule has 1 fully saturated rings. The van der Waals surface area contributed by atoms with Crippen molar-refractivity contribution in [3.05, 3.63) is 29.8 Å². The van der Waals surface area contributed by atoms with Gasteiger partial charge in [0.2, 0.25) is 5.91 Å². The van der Waals surface area contributed by atoms with E-state index < -0.39 is 0 Å². The van der Waals surface area contributed by atoms with Crippen LogP contribution < -0.4 is 10.1 Å². The van der Waals surface area contributed by atoms with Crippen molar-refractivity contribution < 1.29 is 14.3 Å². The number of benzene rings is 1. The van der Waals surface area contributed by atoms with Gasteiger partial charge in [-0.2, -0.15) is 0 Å². The summed E-state index contributed by atoms with van der Waals surface area (Å²) in [5.41, 5.74) is 1.03. The summed E-state index contributed by atoms with van der Waals surface area (Å²) in [5, 5.41) is 3.32. The number of nitrogens with one attached hydrogen (secondary N) is 1. The predicted octanol–water partition coefficient (Wildman–Crippen LogP) is 1.24. The van der Waals surface area contributed by atoms with E-state index in [1.54, 1.807) is 7.11 Å². The highest BCUT2D eigenvalue weighted by Gasteiger charge is 2.29. The molecule has 6 heteroatoms. The monoisotopic (exact) mass is 300 g/mol. The third kappa shape index (κ3) is 3.62. The van der Waals surface area contributed by atoms with E-state index in [4.69, 9.17) is 9.47 Å². The summed E-state index contributed by atoms with van der Waals surface area (Å²) in [6.45, 7) is 2.34. The van der Waals surface area contributed by atoms with Gasteiger partial charge in [-0.3, -0.25) is 4.79 Å². The Morgan fingerprint density at radius 1 is 1.40 bits per heavy atom. The number of piperazine rings is 1. The van der Waals surface area contributed by atoms with E-state index in [9.17, 15) is 4.79 Å². The van der Waals surface area contributed by atoms with Crippen molar-refractivity contribution >= 4 is 18.3 Å². The summed E-state index contributed by atoms with van der Waals surface area (Å²) in [5.74, 6) is 0.825. The van der Waals surface area contributed by atoms with Crippen molar-refractivity contribution in [1.29, 1.82) is 0 Å². The molecule has 1 heterocycles. The summed E-state index contributed by atoms with van der Waals surface area (Å²) in [4.78, 5) is 14.0. The zero-order valence-electron chi connectivity index (χ0n) is 11.8. The molecule has 2 rings (SSSR count). The Kier molecular flexibility index (Phi) is 6.78. The van der Waals surface area contributed by atoms with E-state index in [0.717, 1.165) is 24.4 Å². The molecule has 5 nitrogen and oxygen atoms in total. The van der Waals surface area contributed by atoms with Crippen LogP contribution in [0.5, 0.6) is 5.75 Å². The van der Waals surface area contributed by atoms with Crippen molar-refractivity contribution in [2.45, 2.75) is 6.04 Å². The van der Waals surface area contributed by atoms with E-state index in [2.05, 4.69) is 5.32 Å². The molecule has 1 aliphatic heterocycles. The summed E-state index contributed by atoms with van der Waals surface area (Å²) >= 11 is 0. The number of carbonyl (C=O) groups is 1. The largest absolute Gasteiger partial charge is 0.496 e. The highest BCUT2D eigenvalue weighted by molar-refractivity contribution is 5.85. The van der Waals surface area contributed by atoms with Crippen LogP contribution in [0, 0.1) is 0 Å². The molecular formula is C14H21ClN2O3. The van der Waals surface area contributed by atoms with Gasteiger partial charge < -0.3 is 19.7 Å². The topological polar surface area (TPSA) is 50.8 Å². The molecule has 0 saturated carbocycles. The fourth-order valence-electron chi connectivity index (χ4n) is 2.43. The average Bonchev–Trinajstić information content (AvgIpc) is 2.47. The molecule has 1 unspecified atom stereocenters. The zero-order chi connectivity index (χ0) is 13.7. The van der Waals surface area contributed by atoms with Gasteiger partial charge in [0, 0.05) is 32.3 Å². The lowest BCUT2D eigenvalue weighted by Crippen LogP contribution is -2.49. The molecule has 1 aromatic carbocycles. The summed E-state index contributed by atoms with van der Waals surface area (Å²) < 4.78 is 10.3. The number of methoxy groups -OCH3 is 2. The van der Waals surface area contributed by atoms with Gasteiger partial charge in [0.25, 0.3) is 0 Å². The van der Waals surface area contributed by atoms with Crippen LogP contribution in [-0.4, -0.2) is 51.3 Å². The minimum absolute atomic E-state index is 0. The molecule has 112 valence electrons. The Labute approximate surface area is 125 Å². The van der Waals surface area contributed by atoms with E-state index in [-0.39, 0.29) is 31.0 Å². The molecule has 20 heavy (non-hydrogen) atoms. The number of amides is 1. The molecule has 1 N–H and O–H groups in total. The fourth-order valence-corrected chi connectivity index (χ4v) is 2.43. The molecule has 1 amide bonds. The molecule has 0 spiro atoms. The number of rotatable bonds is 4. The number of ether oxygens (including phenoxy) is 2. The number of hydrogen-bond acceptors (Lipinski definition) is 4. The van der Waals surface area contributed by atoms with Crippen molar-refractivity contribution in [2.75, 3.05) is 40.5 Å². The number of hydrogen-bond donors (Lipinski definition) is 1. The SMILES string of the molecule is COCC(=O)N1CCNCC1c1ccccc1OC.Cl. The van der Waals surface area contributed by atoms with Crippen LogP contribution in [0.2, 0.25) is 0 Å². The Morgan fingerprint density at radius 2 is 2.15 bits per heavy atom. The van der Waals surface area contributed by atoms with Crippen molar-refractivity contribution in [3.8, 4) is 5.75 Å². The Hall–Kier alpha value is -1.30. The molecule has 1 saturated heterocycles. The van der Waals surface area contributed by atoms with Crippen LogP contribution in [0.4, 0.5) is 0 Å². The second kappa shape index (κ2) is 8.09. The van der Waals surface area contributed by atoms with Gasteiger partial charge in [0.1, 0.15) is 12.4 Å². The molecule has 0 radical (unpaired) electrons. The van der Waals surface area contributed by atoms with Gasteiger partial charge in [0.15, 0.2) is 0 Å². The van der Waals surface area contributed by atoms with Crippen LogP contribution in [0.25, 0.3) is 0 Å². The van der Waals surface area contributed by atoms with Gasteiger partial charge in [-0.05, 0) is 6.07 Å². The van der Waals surface area contributed by atoms with Gasteiger partial charge in [-0.25, -0.2) is 0 Å². The first-order valence-electron chi connectivity index (χ1n) is 6.40. The van der Waals surface area contributed by atoms with Crippen molar-refractivity contribution in [2.24, 2.45) is 0 Å². The molecule has 1 atom stereocenters. The lowest BCUT2D eigenvalue weighted by molar-refractivity contribution is -0.138. The molecule has 0 aliphatic carbocycles. The molecule has 0 bridgehead atoms. The van der Waals surface area contributed by atoms with Gasteiger partial charge in [0.05, 0.1) is 13.2 Å². The van der Waals surface area contributed by atoms with Crippen LogP contribution in [-0.2, 0) is 9.53 Å². The highest BCUT2D eigenvalue weighted by Crippen LogP contribution is 2.30. The molecule has 1 aromatic rings. The van der Waals surface area contributed by atoms with Crippen LogP contribution >= 0.6 is 12.4 Å². The lowest BCUT2D eigenvalue weighted by Gasteiger charge is -2.37. The van der Waals surface area contributed by atoms with Crippen molar-refractivity contribution in [1.82, 2.24) is 10.2 Å². The lowest BCUT2D eigenvalue weighted by atomic mass is 10.0. The van der Waals surface area contributed by atoms with Crippen molar-refractivity contribution in [3.63, 3.8) is 0 Å². The first-order chi connectivity index (χ1) is 9.27. The standard InChI is InChI=1S/C14H20N2O3.ClH/c1-18-10-14(17)16-8-7-15-9-12(16)11-5-3-4-6-13(11)19-2;/h3-6,12,15H,7-10H2,1-2H3;1H. The maximum Gasteiger partial charge on any atom is 0.249 e. The van der Waals surface area contributed by atoms with Crippen LogP contribution in [0.15, 0.2) is 24.3 Å². The number of carbonyl (C=O) groups excluding carboxylic acids is 1. The van der Waals surface area contributed by atoms with Crippen LogP contribution in [0.1, 0.15) is 11.6 Å². The van der Waals surface area contributed by atoms with E-state index in [1.165, 1.54) is 7.11 Å². The van der Waals surface area contributed by atoms with E-state index >= 15 is 0 Å². The summed E-state index contributed by atoms with van der Waals surface area (Å²) in [6.07, 6.45) is 0. The normalized spacial score (nSPS) is 18.3. The predicted molar refractivity (Wildman–Crippen MR) is 79.4 cm³/mol. The third-order valence-electron chi connectivity index (χ3n) is 3.33. The summed E-state index contributed by atoms with van der Waals surface area (Å²) in [7, 11) is 3.19. The Balaban J connectivity index is 0.00000200. The zero-order valence-corrected chi connectivity index (χ0v) is 12.6. The molecule has 1 aliphatic rings. The van der Waals surface area contributed by atoms with Gasteiger partial charge in [-0.1, -0.05) is 18.2 Å². The number of nitrogens with zero attached hydrogens (tertiary/aromatic N) is 1. The third-order valence-corrected chi connectivity index (χ3v) is 3.33. The van der Waals surface area contributed by atoms with Gasteiger partial charge >= 0.3 is 0 Å². The van der Waals surface area contributed by atoms with Gasteiger partial charge in [-0.15, -0.1) is 12.4 Å². The fraction of sp³-hybridized carbons (Fsp3) is 0.500. The second-order valence-electron chi connectivity index (χ2n) is 4.48. The molecular weight excluding hydrogens is 280 g/mol. The highest BCUT2D eigenvalue weighted by atomic mass is 35.5. The molecule has 0 aromatic heterocycles. The van der Waals surface area contributed by atoms with E-state index in [0.29, 0.717) is 6.54 Å². The number of para-hydroxylation sites is 1. The Bertz CT molecular complexity index is 442. The quantitative estimate of drug-likeness (QED) is 0.909. The first kappa shape index (κ1) is 16.8. The Morgan fingerprint density at radius 3 is 2.85 bits per heavy atom. The average molecular weight is 301 g/mol.